The monoisotopic (exact) mass is 481 g/mol. The van der Waals surface area contributed by atoms with E-state index in [-0.39, 0.29) is 12.1 Å². The maximum absolute atomic E-state index is 5.95. The molecule has 0 saturated carbocycles. The highest BCUT2D eigenvalue weighted by Crippen LogP contribution is 2.45. The van der Waals surface area contributed by atoms with Gasteiger partial charge in [0.15, 0.2) is 5.11 Å². The zero-order chi connectivity index (χ0) is 24.7. The van der Waals surface area contributed by atoms with Crippen molar-refractivity contribution in [3.8, 4) is 5.69 Å². The third kappa shape index (κ3) is 3.98. The minimum absolute atomic E-state index is 0.0359. The van der Waals surface area contributed by atoms with E-state index in [0.717, 1.165) is 17.1 Å². The Labute approximate surface area is 213 Å². The number of aromatic nitrogens is 2. The molecule has 1 N–H and O–H groups in total. The van der Waals surface area contributed by atoms with Crippen LogP contribution in [-0.2, 0) is 0 Å². The van der Waals surface area contributed by atoms with Crippen LogP contribution in [0.3, 0.4) is 0 Å². The molecule has 3 heterocycles. The van der Waals surface area contributed by atoms with Gasteiger partial charge < -0.3 is 19.7 Å². The van der Waals surface area contributed by atoms with Gasteiger partial charge in [-0.05, 0) is 87.1 Å². The number of hydrogen-bond donors (Lipinski definition) is 1. The Balaban J connectivity index is 1.70. The molecular formula is C29H31N5S. The van der Waals surface area contributed by atoms with E-state index in [1.807, 2.05) is 18.3 Å². The number of thiocarbonyl (C=S) groups is 1. The van der Waals surface area contributed by atoms with E-state index in [1.54, 1.807) is 0 Å². The first-order valence-electron chi connectivity index (χ1n) is 11.9. The van der Waals surface area contributed by atoms with E-state index in [9.17, 15) is 0 Å². The molecule has 35 heavy (non-hydrogen) atoms. The lowest BCUT2D eigenvalue weighted by Gasteiger charge is -2.29. The fraction of sp³-hybridized carbons (Fsp3) is 0.241. The molecule has 4 aromatic rings. The maximum atomic E-state index is 5.95. The number of anilines is 2. The van der Waals surface area contributed by atoms with Gasteiger partial charge in [-0.3, -0.25) is 4.98 Å². The molecule has 0 bridgehead atoms. The topological polar surface area (TPSA) is 36.3 Å². The molecule has 0 radical (unpaired) electrons. The summed E-state index contributed by atoms with van der Waals surface area (Å²) in [6, 6.07) is 25.1. The molecule has 1 fully saturated rings. The number of para-hydroxylation sites is 1. The highest BCUT2D eigenvalue weighted by Gasteiger charge is 2.43. The van der Waals surface area contributed by atoms with Crippen LogP contribution in [0.15, 0.2) is 79.0 Å². The predicted octanol–water partition coefficient (Wildman–Crippen LogP) is 6.04. The highest BCUT2D eigenvalue weighted by atomic mass is 32.1. The molecule has 2 aromatic heterocycles. The first kappa shape index (κ1) is 23.1. The van der Waals surface area contributed by atoms with Crippen LogP contribution in [-0.4, -0.2) is 28.8 Å². The number of nitrogens with zero attached hydrogens (tertiary/aromatic N) is 4. The summed E-state index contributed by atoms with van der Waals surface area (Å²) in [4.78, 5) is 9.09. The molecule has 0 aliphatic carbocycles. The summed E-state index contributed by atoms with van der Waals surface area (Å²) in [5.41, 5.74) is 9.40. The van der Waals surface area contributed by atoms with Crippen LogP contribution >= 0.6 is 12.2 Å². The molecule has 0 amide bonds. The van der Waals surface area contributed by atoms with E-state index in [2.05, 4.69) is 115 Å². The summed E-state index contributed by atoms with van der Waals surface area (Å²) in [6.07, 6.45) is 1.85. The molecule has 178 valence electrons. The SMILES string of the molecule is Cc1c([C@@H]2[C@@H](c3ccccn3)NC(=S)N2c2ccc(N(C)C)cc2)c(C)n(-c2ccccc2)c1C. The second-order valence-electron chi connectivity index (χ2n) is 9.29. The Morgan fingerprint density at radius 3 is 2.14 bits per heavy atom. The summed E-state index contributed by atoms with van der Waals surface area (Å²) in [5.74, 6) is 0. The van der Waals surface area contributed by atoms with Gasteiger partial charge in [-0.2, -0.15) is 0 Å². The van der Waals surface area contributed by atoms with Gasteiger partial charge in [-0.25, -0.2) is 0 Å². The summed E-state index contributed by atoms with van der Waals surface area (Å²) in [5, 5.41) is 4.32. The van der Waals surface area contributed by atoms with Crippen molar-refractivity contribution in [3.63, 3.8) is 0 Å². The standard InChI is InChI=1S/C29H31N5S/c1-19-20(2)33(23-11-7-6-8-12-23)21(3)26(19)28-27(25-13-9-10-18-30-25)31-29(35)34(28)24-16-14-22(15-17-24)32(4)5/h6-18,27-28H,1-5H3,(H,31,35)/t27-,28-/m1/s1. The van der Waals surface area contributed by atoms with E-state index in [4.69, 9.17) is 17.2 Å². The van der Waals surface area contributed by atoms with Crippen molar-refractivity contribution in [1.29, 1.82) is 0 Å². The maximum Gasteiger partial charge on any atom is 0.174 e. The summed E-state index contributed by atoms with van der Waals surface area (Å²) in [7, 11) is 4.11. The summed E-state index contributed by atoms with van der Waals surface area (Å²) in [6.45, 7) is 6.64. The number of hydrogen-bond acceptors (Lipinski definition) is 3. The first-order valence-corrected chi connectivity index (χ1v) is 12.3. The molecule has 2 atom stereocenters. The van der Waals surface area contributed by atoms with Crippen molar-refractivity contribution in [3.05, 3.63) is 107 Å². The van der Waals surface area contributed by atoms with Crippen LogP contribution in [0.1, 0.15) is 40.3 Å². The quantitative estimate of drug-likeness (QED) is 0.352. The van der Waals surface area contributed by atoms with E-state index in [1.165, 1.54) is 28.2 Å². The van der Waals surface area contributed by atoms with Gasteiger partial charge in [0.1, 0.15) is 0 Å². The van der Waals surface area contributed by atoms with Crippen molar-refractivity contribution in [2.24, 2.45) is 0 Å². The second-order valence-corrected chi connectivity index (χ2v) is 9.67. The van der Waals surface area contributed by atoms with Crippen LogP contribution in [0.2, 0.25) is 0 Å². The van der Waals surface area contributed by atoms with Crippen molar-refractivity contribution in [2.45, 2.75) is 32.9 Å². The zero-order valence-electron chi connectivity index (χ0n) is 20.9. The van der Waals surface area contributed by atoms with Crippen LogP contribution in [0, 0.1) is 20.8 Å². The molecule has 6 heteroatoms. The van der Waals surface area contributed by atoms with Gasteiger partial charge in [-0.15, -0.1) is 0 Å². The van der Waals surface area contributed by atoms with Crippen LogP contribution in [0.25, 0.3) is 5.69 Å². The number of nitrogens with one attached hydrogen (secondary N) is 1. The number of rotatable bonds is 5. The molecule has 2 aromatic carbocycles. The smallest absolute Gasteiger partial charge is 0.174 e. The Hall–Kier alpha value is -3.64. The highest BCUT2D eigenvalue weighted by molar-refractivity contribution is 7.80. The van der Waals surface area contributed by atoms with Crippen LogP contribution < -0.4 is 15.1 Å². The lowest BCUT2D eigenvalue weighted by Crippen LogP contribution is -2.29. The minimum atomic E-state index is -0.0688. The normalized spacial score (nSPS) is 17.5. The molecule has 1 saturated heterocycles. The fourth-order valence-electron chi connectivity index (χ4n) is 5.24. The van der Waals surface area contributed by atoms with E-state index in [0.29, 0.717) is 5.11 Å². The van der Waals surface area contributed by atoms with Gasteiger partial charge in [0.05, 0.1) is 17.8 Å². The van der Waals surface area contributed by atoms with Gasteiger partial charge in [-0.1, -0.05) is 24.3 Å². The zero-order valence-corrected chi connectivity index (χ0v) is 21.7. The molecule has 0 spiro atoms. The average Bonchev–Trinajstić information content (AvgIpc) is 3.32. The Morgan fingerprint density at radius 2 is 1.51 bits per heavy atom. The van der Waals surface area contributed by atoms with Crippen LogP contribution in [0.4, 0.5) is 11.4 Å². The molecule has 5 rings (SSSR count). The molecule has 1 aliphatic heterocycles. The third-order valence-corrected chi connectivity index (χ3v) is 7.37. The van der Waals surface area contributed by atoms with E-state index >= 15 is 0 Å². The Bertz CT molecular complexity index is 1340. The summed E-state index contributed by atoms with van der Waals surface area (Å²) >= 11 is 5.95. The average molecular weight is 482 g/mol. The largest absolute Gasteiger partial charge is 0.378 e. The first-order chi connectivity index (χ1) is 16.9. The van der Waals surface area contributed by atoms with E-state index < -0.39 is 0 Å². The van der Waals surface area contributed by atoms with Gasteiger partial charge in [0, 0.05) is 54.3 Å². The van der Waals surface area contributed by atoms with Crippen molar-refractivity contribution >= 4 is 28.7 Å². The lowest BCUT2D eigenvalue weighted by atomic mass is 9.93. The third-order valence-electron chi connectivity index (χ3n) is 7.06. The molecular weight excluding hydrogens is 450 g/mol. The molecule has 0 unspecified atom stereocenters. The summed E-state index contributed by atoms with van der Waals surface area (Å²) < 4.78 is 2.36. The molecule has 5 nitrogen and oxygen atoms in total. The molecule has 1 aliphatic rings. The number of pyridine rings is 1. The second kappa shape index (κ2) is 9.19. The fourth-order valence-corrected chi connectivity index (χ4v) is 5.59. The van der Waals surface area contributed by atoms with Gasteiger partial charge in [0.2, 0.25) is 0 Å². The lowest BCUT2D eigenvalue weighted by molar-refractivity contribution is 0.563. The Kier molecular flexibility index (Phi) is 6.07. The predicted molar refractivity (Wildman–Crippen MR) is 149 cm³/mol. The number of benzene rings is 2. The van der Waals surface area contributed by atoms with Crippen molar-refractivity contribution in [2.75, 3.05) is 23.9 Å². The van der Waals surface area contributed by atoms with Gasteiger partial charge in [0.25, 0.3) is 0 Å². The minimum Gasteiger partial charge on any atom is -0.378 e. The van der Waals surface area contributed by atoms with Gasteiger partial charge >= 0.3 is 0 Å². The van der Waals surface area contributed by atoms with Crippen molar-refractivity contribution in [1.82, 2.24) is 14.9 Å². The Morgan fingerprint density at radius 1 is 0.829 bits per heavy atom. The van der Waals surface area contributed by atoms with Crippen molar-refractivity contribution < 1.29 is 0 Å². The van der Waals surface area contributed by atoms with Crippen LogP contribution in [0.5, 0.6) is 0 Å².